The van der Waals surface area contributed by atoms with E-state index >= 15 is 0 Å². The van der Waals surface area contributed by atoms with E-state index in [2.05, 4.69) is 27.4 Å². The summed E-state index contributed by atoms with van der Waals surface area (Å²) in [6.45, 7) is 5.26. The standard InChI is InChI=1S/C23H26N4O/c1-18-22(16-24-27(18)21-8-4-2-5-9-21)23(28)25-20-12-10-19(11-13-20)17-26-14-6-3-7-15-26/h2,4-5,8-13,16H,3,6-7,14-15,17H2,1H3,(H,25,28). The molecule has 2 aromatic carbocycles. The largest absolute Gasteiger partial charge is 0.322 e. The van der Waals surface area contributed by atoms with Gasteiger partial charge in [-0.25, -0.2) is 4.68 Å². The summed E-state index contributed by atoms with van der Waals surface area (Å²) in [6.07, 6.45) is 5.57. The maximum absolute atomic E-state index is 12.7. The minimum absolute atomic E-state index is 0.136. The Morgan fingerprint density at radius 2 is 1.71 bits per heavy atom. The number of benzene rings is 2. The first kappa shape index (κ1) is 18.4. The lowest BCUT2D eigenvalue weighted by Gasteiger charge is -2.26. The molecule has 0 radical (unpaired) electrons. The first-order chi connectivity index (χ1) is 13.7. The van der Waals surface area contributed by atoms with E-state index in [1.54, 1.807) is 10.9 Å². The molecule has 5 nitrogen and oxygen atoms in total. The zero-order chi connectivity index (χ0) is 19.3. The number of amides is 1. The van der Waals surface area contributed by atoms with Gasteiger partial charge in [-0.3, -0.25) is 9.69 Å². The molecule has 5 heteroatoms. The number of nitrogens with one attached hydrogen (secondary N) is 1. The summed E-state index contributed by atoms with van der Waals surface area (Å²) in [6, 6.07) is 18.0. The van der Waals surface area contributed by atoms with Crippen LogP contribution in [0.5, 0.6) is 0 Å². The second kappa shape index (κ2) is 8.40. The fraction of sp³-hybridized carbons (Fsp3) is 0.304. The number of hydrogen-bond donors (Lipinski definition) is 1. The van der Waals surface area contributed by atoms with Crippen LogP contribution < -0.4 is 5.32 Å². The van der Waals surface area contributed by atoms with E-state index in [0.717, 1.165) is 23.6 Å². The Morgan fingerprint density at radius 1 is 1.00 bits per heavy atom. The Morgan fingerprint density at radius 3 is 2.43 bits per heavy atom. The molecule has 1 aliphatic rings. The topological polar surface area (TPSA) is 50.2 Å². The highest BCUT2D eigenvalue weighted by Gasteiger charge is 2.15. The van der Waals surface area contributed by atoms with Crippen LogP contribution >= 0.6 is 0 Å². The van der Waals surface area contributed by atoms with Crippen LogP contribution in [-0.2, 0) is 6.54 Å². The van der Waals surface area contributed by atoms with Gasteiger partial charge in [-0.05, 0) is 62.7 Å². The number of piperidine rings is 1. The average Bonchev–Trinajstić information content (AvgIpc) is 3.12. The molecular formula is C23H26N4O. The number of nitrogens with zero attached hydrogens (tertiary/aromatic N) is 3. The molecule has 1 fully saturated rings. The van der Waals surface area contributed by atoms with Crippen LogP contribution in [0.2, 0.25) is 0 Å². The van der Waals surface area contributed by atoms with Crippen LogP contribution in [0, 0.1) is 6.92 Å². The van der Waals surface area contributed by atoms with Gasteiger partial charge in [-0.15, -0.1) is 0 Å². The minimum Gasteiger partial charge on any atom is -0.322 e. The molecule has 1 amide bonds. The van der Waals surface area contributed by atoms with Gasteiger partial charge in [0.2, 0.25) is 0 Å². The molecule has 1 aromatic heterocycles. The molecule has 144 valence electrons. The third-order valence-corrected chi connectivity index (χ3v) is 5.32. The summed E-state index contributed by atoms with van der Waals surface area (Å²) >= 11 is 0. The second-order valence-corrected chi connectivity index (χ2v) is 7.38. The Balaban J connectivity index is 1.42. The van der Waals surface area contributed by atoms with Gasteiger partial charge < -0.3 is 5.32 Å². The summed E-state index contributed by atoms with van der Waals surface area (Å²) in [7, 11) is 0. The van der Waals surface area contributed by atoms with E-state index in [1.165, 1.54) is 37.9 Å². The predicted octanol–water partition coefficient (Wildman–Crippen LogP) is 4.42. The molecule has 4 rings (SSSR count). The van der Waals surface area contributed by atoms with Gasteiger partial charge in [-0.1, -0.05) is 36.8 Å². The van der Waals surface area contributed by atoms with Crippen LogP contribution in [-0.4, -0.2) is 33.7 Å². The van der Waals surface area contributed by atoms with Crippen LogP contribution in [0.1, 0.15) is 40.9 Å². The van der Waals surface area contributed by atoms with Crippen molar-refractivity contribution in [2.75, 3.05) is 18.4 Å². The van der Waals surface area contributed by atoms with E-state index in [4.69, 9.17) is 0 Å². The van der Waals surface area contributed by atoms with Gasteiger partial charge in [0.1, 0.15) is 0 Å². The molecule has 0 atom stereocenters. The van der Waals surface area contributed by atoms with Crippen molar-refractivity contribution in [3.8, 4) is 5.69 Å². The number of para-hydroxylation sites is 1. The number of carbonyl (C=O) groups is 1. The normalized spacial score (nSPS) is 14.8. The molecule has 0 spiro atoms. The van der Waals surface area contributed by atoms with Crippen LogP contribution in [0.15, 0.2) is 60.8 Å². The van der Waals surface area contributed by atoms with Gasteiger partial charge >= 0.3 is 0 Å². The number of carbonyl (C=O) groups excluding carboxylic acids is 1. The van der Waals surface area contributed by atoms with Crippen molar-refractivity contribution in [1.82, 2.24) is 14.7 Å². The molecule has 0 saturated carbocycles. The van der Waals surface area contributed by atoms with E-state index in [-0.39, 0.29) is 5.91 Å². The molecular weight excluding hydrogens is 348 g/mol. The Labute approximate surface area is 166 Å². The van der Waals surface area contributed by atoms with Crippen molar-refractivity contribution in [3.05, 3.63) is 77.6 Å². The SMILES string of the molecule is Cc1c(C(=O)Nc2ccc(CN3CCCCC3)cc2)cnn1-c1ccccc1. The zero-order valence-corrected chi connectivity index (χ0v) is 16.3. The summed E-state index contributed by atoms with van der Waals surface area (Å²) in [5, 5.41) is 7.37. The third-order valence-electron chi connectivity index (χ3n) is 5.32. The van der Waals surface area contributed by atoms with Gasteiger partial charge in [0, 0.05) is 12.2 Å². The van der Waals surface area contributed by atoms with Gasteiger partial charge in [0.15, 0.2) is 0 Å². The maximum atomic E-state index is 12.7. The summed E-state index contributed by atoms with van der Waals surface area (Å²) in [5.41, 5.74) is 4.44. The van der Waals surface area contributed by atoms with Gasteiger partial charge in [0.05, 0.1) is 23.1 Å². The van der Waals surface area contributed by atoms with Crippen molar-refractivity contribution in [1.29, 1.82) is 0 Å². The van der Waals surface area contributed by atoms with Crippen molar-refractivity contribution in [3.63, 3.8) is 0 Å². The highest BCUT2D eigenvalue weighted by Crippen LogP contribution is 2.18. The number of likely N-dealkylation sites (tertiary alicyclic amines) is 1. The first-order valence-electron chi connectivity index (χ1n) is 9.93. The Bertz CT molecular complexity index is 925. The number of anilines is 1. The Kier molecular flexibility index (Phi) is 5.53. The average molecular weight is 374 g/mol. The number of aromatic nitrogens is 2. The fourth-order valence-electron chi connectivity index (χ4n) is 3.73. The van der Waals surface area contributed by atoms with Crippen molar-refractivity contribution in [2.45, 2.75) is 32.7 Å². The first-order valence-corrected chi connectivity index (χ1v) is 9.93. The number of rotatable bonds is 5. The van der Waals surface area contributed by atoms with Crippen LogP contribution in [0.3, 0.4) is 0 Å². The van der Waals surface area contributed by atoms with Gasteiger partial charge in [0.25, 0.3) is 5.91 Å². The van der Waals surface area contributed by atoms with Crippen LogP contribution in [0.4, 0.5) is 5.69 Å². The Hall–Kier alpha value is -2.92. The molecule has 1 aliphatic heterocycles. The summed E-state index contributed by atoms with van der Waals surface area (Å²) in [5.74, 6) is -0.136. The third kappa shape index (κ3) is 4.15. The van der Waals surface area contributed by atoms with Crippen molar-refractivity contribution in [2.24, 2.45) is 0 Å². The van der Waals surface area contributed by atoms with Crippen molar-refractivity contribution < 1.29 is 4.79 Å². The van der Waals surface area contributed by atoms with E-state index in [0.29, 0.717) is 5.56 Å². The van der Waals surface area contributed by atoms with E-state index in [9.17, 15) is 4.79 Å². The fourth-order valence-corrected chi connectivity index (χ4v) is 3.73. The molecule has 0 aliphatic carbocycles. The van der Waals surface area contributed by atoms with Crippen LogP contribution in [0.25, 0.3) is 5.69 Å². The van der Waals surface area contributed by atoms with Gasteiger partial charge in [-0.2, -0.15) is 5.10 Å². The molecule has 1 saturated heterocycles. The molecule has 0 bridgehead atoms. The highest BCUT2D eigenvalue weighted by atomic mass is 16.1. The lowest BCUT2D eigenvalue weighted by molar-refractivity contribution is 0.102. The smallest absolute Gasteiger partial charge is 0.259 e. The maximum Gasteiger partial charge on any atom is 0.259 e. The monoisotopic (exact) mass is 374 g/mol. The van der Waals surface area contributed by atoms with E-state index < -0.39 is 0 Å². The van der Waals surface area contributed by atoms with E-state index in [1.807, 2.05) is 49.4 Å². The summed E-state index contributed by atoms with van der Waals surface area (Å²) < 4.78 is 1.79. The summed E-state index contributed by atoms with van der Waals surface area (Å²) in [4.78, 5) is 15.2. The molecule has 2 heterocycles. The molecule has 28 heavy (non-hydrogen) atoms. The lowest BCUT2D eigenvalue weighted by Crippen LogP contribution is -2.29. The molecule has 3 aromatic rings. The number of hydrogen-bond acceptors (Lipinski definition) is 3. The highest BCUT2D eigenvalue weighted by molar-refractivity contribution is 6.04. The molecule has 1 N–H and O–H groups in total. The zero-order valence-electron chi connectivity index (χ0n) is 16.3. The van der Waals surface area contributed by atoms with Crippen molar-refractivity contribution >= 4 is 11.6 Å². The predicted molar refractivity (Wildman–Crippen MR) is 112 cm³/mol. The lowest BCUT2D eigenvalue weighted by atomic mass is 10.1. The quantitative estimate of drug-likeness (QED) is 0.719. The second-order valence-electron chi connectivity index (χ2n) is 7.38. The minimum atomic E-state index is -0.136. The molecule has 0 unspecified atom stereocenters.